The molecule has 6 nitrogen and oxygen atoms in total. The van der Waals surface area contributed by atoms with Gasteiger partial charge in [-0.15, -0.1) is 0 Å². The molecule has 0 atom stereocenters. The van der Waals surface area contributed by atoms with E-state index >= 15 is 0 Å². The maximum absolute atomic E-state index is 6.02. The smallest absolute Gasteiger partial charge is 0.262 e. The first-order chi connectivity index (χ1) is 20.6. The Bertz CT molecular complexity index is 1440. The quantitative estimate of drug-likeness (QED) is 0.118. The monoisotopic (exact) mass is 564 g/mol. The molecule has 216 valence electrons. The summed E-state index contributed by atoms with van der Waals surface area (Å²) in [6.07, 6.45) is 4.13. The molecule has 0 N–H and O–H groups in total. The van der Waals surface area contributed by atoms with Gasteiger partial charge in [-0.3, -0.25) is 0 Å². The first kappa shape index (κ1) is 30.2. The van der Waals surface area contributed by atoms with E-state index in [-0.39, 0.29) is 0 Å². The number of hydrogen-bond acceptors (Lipinski definition) is 6. The van der Waals surface area contributed by atoms with Gasteiger partial charge in [-0.2, -0.15) is 0 Å². The molecular formula is C35H37BO6. The van der Waals surface area contributed by atoms with Crippen LogP contribution in [0, 0.1) is 0 Å². The van der Waals surface area contributed by atoms with Gasteiger partial charge in [0.25, 0.3) is 6.71 Å². The number of benzene rings is 4. The van der Waals surface area contributed by atoms with Gasteiger partial charge in [0.1, 0.15) is 34.5 Å². The lowest BCUT2D eigenvalue weighted by Crippen LogP contribution is -2.46. The van der Waals surface area contributed by atoms with Crippen molar-refractivity contribution in [3.8, 4) is 34.5 Å². The Kier molecular flexibility index (Phi) is 10.2. The molecule has 0 aromatic heterocycles. The molecule has 4 rings (SSSR count). The van der Waals surface area contributed by atoms with Crippen molar-refractivity contribution in [2.75, 3.05) is 42.7 Å². The van der Waals surface area contributed by atoms with E-state index in [1.54, 1.807) is 42.7 Å². The molecule has 0 saturated heterocycles. The van der Waals surface area contributed by atoms with Gasteiger partial charge in [0.15, 0.2) is 0 Å². The number of rotatable bonds is 12. The molecule has 0 aliphatic rings. The minimum atomic E-state index is -0.543. The summed E-state index contributed by atoms with van der Waals surface area (Å²) < 4.78 is 36.1. The SMILES string of the molecule is C/C=C/C(=C(/B(c1c(OC)cccc1OC)c1c(OC)cccc1OC)c1c(OC)cccc1OC)c1ccccc1. The topological polar surface area (TPSA) is 55.4 Å². The Labute approximate surface area is 249 Å². The highest BCUT2D eigenvalue weighted by molar-refractivity contribution is 7.02. The van der Waals surface area contributed by atoms with Crippen molar-refractivity contribution >= 4 is 28.7 Å². The van der Waals surface area contributed by atoms with E-state index in [0.717, 1.165) is 33.1 Å². The molecule has 42 heavy (non-hydrogen) atoms. The summed E-state index contributed by atoms with van der Waals surface area (Å²) in [5.41, 5.74) is 5.22. The first-order valence-corrected chi connectivity index (χ1v) is 13.6. The van der Waals surface area contributed by atoms with Crippen LogP contribution in [0.25, 0.3) is 11.0 Å². The molecule has 0 radical (unpaired) electrons. The molecule has 7 heteroatoms. The lowest BCUT2D eigenvalue weighted by atomic mass is 9.33. The van der Waals surface area contributed by atoms with Crippen molar-refractivity contribution in [2.24, 2.45) is 0 Å². The van der Waals surface area contributed by atoms with Gasteiger partial charge in [-0.05, 0) is 59.9 Å². The highest BCUT2D eigenvalue weighted by atomic mass is 16.5. The van der Waals surface area contributed by atoms with Gasteiger partial charge >= 0.3 is 0 Å². The molecule has 0 bridgehead atoms. The zero-order valence-electron chi connectivity index (χ0n) is 25.3. The fourth-order valence-corrected chi connectivity index (χ4v) is 5.44. The van der Waals surface area contributed by atoms with E-state index < -0.39 is 6.71 Å². The lowest BCUT2D eigenvalue weighted by molar-refractivity contribution is 0.392. The third kappa shape index (κ3) is 5.82. The fourth-order valence-electron chi connectivity index (χ4n) is 5.44. The van der Waals surface area contributed by atoms with Crippen molar-refractivity contribution in [1.82, 2.24) is 0 Å². The van der Waals surface area contributed by atoms with Crippen LogP contribution in [0.3, 0.4) is 0 Å². The second-order valence-electron chi connectivity index (χ2n) is 9.32. The minimum absolute atomic E-state index is 0.543. The van der Waals surface area contributed by atoms with E-state index in [1.807, 2.05) is 85.8 Å². The fraction of sp³-hybridized carbons (Fsp3) is 0.200. The summed E-state index contributed by atoms with van der Waals surface area (Å²) in [6.45, 7) is 1.46. The molecule has 4 aromatic carbocycles. The maximum atomic E-state index is 6.02. The lowest BCUT2D eigenvalue weighted by Gasteiger charge is -2.29. The molecule has 0 amide bonds. The minimum Gasteiger partial charge on any atom is -0.497 e. The Morgan fingerprint density at radius 2 is 0.881 bits per heavy atom. The van der Waals surface area contributed by atoms with Crippen molar-refractivity contribution in [3.63, 3.8) is 0 Å². The van der Waals surface area contributed by atoms with Crippen LogP contribution in [-0.4, -0.2) is 49.4 Å². The largest absolute Gasteiger partial charge is 0.497 e. The van der Waals surface area contributed by atoms with E-state index in [9.17, 15) is 0 Å². The predicted molar refractivity (Wildman–Crippen MR) is 172 cm³/mol. The van der Waals surface area contributed by atoms with Crippen molar-refractivity contribution < 1.29 is 28.4 Å². The summed E-state index contributed by atoms with van der Waals surface area (Å²) in [4.78, 5) is 0. The summed E-state index contributed by atoms with van der Waals surface area (Å²) in [6, 6.07) is 27.6. The van der Waals surface area contributed by atoms with Crippen molar-refractivity contribution in [1.29, 1.82) is 0 Å². The van der Waals surface area contributed by atoms with E-state index in [2.05, 4.69) is 18.2 Å². The van der Waals surface area contributed by atoms with Crippen LogP contribution in [-0.2, 0) is 0 Å². The van der Waals surface area contributed by atoms with Crippen LogP contribution in [0.4, 0.5) is 0 Å². The number of ether oxygens (including phenoxy) is 6. The zero-order valence-corrected chi connectivity index (χ0v) is 25.3. The summed E-state index contributed by atoms with van der Waals surface area (Å²) >= 11 is 0. The highest BCUT2D eigenvalue weighted by Crippen LogP contribution is 2.43. The first-order valence-electron chi connectivity index (χ1n) is 13.6. The van der Waals surface area contributed by atoms with Gasteiger partial charge < -0.3 is 28.4 Å². The molecule has 0 aliphatic carbocycles. The van der Waals surface area contributed by atoms with Gasteiger partial charge in [-0.1, -0.05) is 60.7 Å². The van der Waals surface area contributed by atoms with Crippen LogP contribution in [0.15, 0.2) is 97.1 Å². The molecule has 0 aliphatic heterocycles. The Morgan fingerprint density at radius 1 is 0.500 bits per heavy atom. The van der Waals surface area contributed by atoms with Crippen molar-refractivity contribution in [3.05, 3.63) is 108 Å². The number of methoxy groups -OCH3 is 6. The van der Waals surface area contributed by atoms with Gasteiger partial charge in [0.05, 0.1) is 48.2 Å². The molecular weight excluding hydrogens is 527 g/mol. The number of allylic oxidation sites excluding steroid dienone is 3. The second kappa shape index (κ2) is 14.2. The average Bonchev–Trinajstić information content (AvgIpc) is 3.05. The zero-order chi connectivity index (χ0) is 30.1. The van der Waals surface area contributed by atoms with E-state index in [1.165, 1.54) is 0 Å². The van der Waals surface area contributed by atoms with Crippen LogP contribution >= 0.6 is 0 Å². The highest BCUT2D eigenvalue weighted by Gasteiger charge is 2.39. The van der Waals surface area contributed by atoms with Crippen LogP contribution < -0.4 is 39.3 Å². The Balaban J connectivity index is 2.37. The van der Waals surface area contributed by atoms with E-state index in [0.29, 0.717) is 34.5 Å². The Morgan fingerprint density at radius 3 is 1.24 bits per heavy atom. The molecule has 0 heterocycles. The Hall–Kier alpha value is -4.78. The van der Waals surface area contributed by atoms with Gasteiger partial charge in [0, 0.05) is 10.9 Å². The number of hydrogen-bond donors (Lipinski definition) is 0. The van der Waals surface area contributed by atoms with Crippen molar-refractivity contribution in [2.45, 2.75) is 6.92 Å². The molecule has 0 saturated carbocycles. The second-order valence-corrected chi connectivity index (χ2v) is 9.32. The molecule has 0 spiro atoms. The normalized spacial score (nSPS) is 11.5. The van der Waals surface area contributed by atoms with Crippen LogP contribution in [0.5, 0.6) is 34.5 Å². The van der Waals surface area contributed by atoms with Crippen LogP contribution in [0.2, 0.25) is 0 Å². The van der Waals surface area contributed by atoms with Crippen LogP contribution in [0.1, 0.15) is 18.1 Å². The van der Waals surface area contributed by atoms with E-state index in [4.69, 9.17) is 28.4 Å². The summed E-state index contributed by atoms with van der Waals surface area (Å²) in [5.74, 6) is 3.88. The average molecular weight is 564 g/mol. The van der Waals surface area contributed by atoms with Gasteiger partial charge in [0.2, 0.25) is 0 Å². The standard InChI is InChI=1S/C35H37BO6/c1-8-15-25(24-16-10-9-11-17-24)33(32-26(37-2)18-12-19-27(32)38-3)36(34-28(39-4)20-13-21-29(34)40-5)35-30(41-6)22-14-23-31(35)42-7/h8-23H,1-7H3/b15-8+,33-25-. The molecule has 0 unspecified atom stereocenters. The summed E-state index contributed by atoms with van der Waals surface area (Å²) in [5, 5.41) is 0. The molecule has 4 aromatic rings. The predicted octanol–water partition coefficient (Wildman–Crippen LogP) is 6.07. The molecule has 0 fully saturated rings. The third-order valence-corrected chi connectivity index (χ3v) is 7.20. The third-order valence-electron chi connectivity index (χ3n) is 7.20. The van der Waals surface area contributed by atoms with Gasteiger partial charge in [-0.25, -0.2) is 0 Å². The summed E-state index contributed by atoms with van der Waals surface area (Å²) in [7, 11) is 9.96. The maximum Gasteiger partial charge on any atom is 0.262 e.